The van der Waals surface area contributed by atoms with Crippen LogP contribution in [0.1, 0.15) is 0 Å². The summed E-state index contributed by atoms with van der Waals surface area (Å²) in [5.74, 6) is 0. The summed E-state index contributed by atoms with van der Waals surface area (Å²) in [6, 6.07) is 11.7. The van der Waals surface area contributed by atoms with Gasteiger partial charge in [-0.3, -0.25) is 23.7 Å². The molecule has 0 fully saturated rings. The third kappa shape index (κ3) is 3.96. The van der Waals surface area contributed by atoms with E-state index in [-0.39, 0.29) is 75.1 Å². The first-order valence-electron chi connectivity index (χ1n) is 12.1. The van der Waals surface area contributed by atoms with Crippen LogP contribution in [0.5, 0.6) is 0 Å². The molecule has 0 unspecified atom stereocenters. The fourth-order valence-electron chi connectivity index (χ4n) is 5.36. The molecule has 0 spiro atoms. The Kier molecular flexibility index (Phi) is 6.09. The Balaban J connectivity index is 1.73. The summed E-state index contributed by atoms with van der Waals surface area (Å²) in [6.07, 6.45) is 0. The van der Waals surface area contributed by atoms with Crippen molar-refractivity contribution in [2.75, 3.05) is 0 Å². The van der Waals surface area contributed by atoms with E-state index >= 15 is 0 Å². The maximum Gasteiger partial charge on any atom is 0.294 e. The van der Waals surface area contributed by atoms with Gasteiger partial charge in [-0.2, -0.15) is 8.42 Å². The summed E-state index contributed by atoms with van der Waals surface area (Å²) in [7, 11) is -4.71. The molecule has 0 aliphatic carbocycles. The van der Waals surface area contributed by atoms with E-state index in [2.05, 4.69) is 19.3 Å². The first kappa shape index (κ1) is 27.4. The molecule has 0 saturated heterocycles. The molecule has 1 heterocycles. The topological polar surface area (TPSA) is 187 Å². The molecule has 0 saturated carbocycles. The average Bonchev–Trinajstić information content (AvgIpc) is 2.99. The Morgan fingerprint density at radius 3 is 1.88 bits per heavy atom. The zero-order valence-corrected chi connectivity index (χ0v) is 23.3. The van der Waals surface area contributed by atoms with Crippen LogP contribution in [0.25, 0.3) is 65.2 Å². The standard InChI is InChI=1S/C28H11ClN2O10S2/c29-17-8-15-19(27(34)12-4-2-1-3-11(12)25(15)32)23-21(17)30-24-20-16(9-18(22(24)31-23)42-41-40-36)26(33)13-6-5-10(43(37,38)39)7-14(13)28(20)35/h1-9,36H,(H,37,38,39). The van der Waals surface area contributed by atoms with Crippen molar-refractivity contribution in [3.05, 3.63) is 101 Å². The van der Waals surface area contributed by atoms with Crippen molar-refractivity contribution in [2.45, 2.75) is 9.79 Å². The van der Waals surface area contributed by atoms with Gasteiger partial charge >= 0.3 is 0 Å². The van der Waals surface area contributed by atoms with Gasteiger partial charge in [-0.15, -0.1) is 4.33 Å². The van der Waals surface area contributed by atoms with Crippen molar-refractivity contribution in [3.8, 4) is 0 Å². The van der Waals surface area contributed by atoms with Crippen LogP contribution in [0.3, 0.4) is 0 Å². The third-order valence-electron chi connectivity index (χ3n) is 7.21. The number of nitrogens with zero attached hydrogens (tertiary/aromatic N) is 2. The summed E-state index contributed by atoms with van der Waals surface area (Å²) in [5.41, 5.74) is -2.86. The predicted molar refractivity (Wildman–Crippen MR) is 160 cm³/mol. The molecular weight excluding hydrogens is 624 g/mol. The molecule has 7 rings (SSSR count). The quantitative estimate of drug-likeness (QED) is 0.0706. The van der Waals surface area contributed by atoms with E-state index in [0.29, 0.717) is 12.0 Å². The van der Waals surface area contributed by atoms with E-state index in [9.17, 15) is 32.1 Å². The number of hydrogen-bond acceptors (Lipinski definition) is 12. The van der Waals surface area contributed by atoms with E-state index in [1.54, 1.807) is 12.1 Å². The molecule has 0 atom stereocenters. The number of hydrogen-bond donors (Lipinski definition) is 2. The fourth-order valence-corrected chi connectivity index (χ4v) is 6.60. The van der Waals surface area contributed by atoms with E-state index in [4.69, 9.17) is 16.9 Å². The molecule has 43 heavy (non-hydrogen) atoms. The highest BCUT2D eigenvalue weighted by atomic mass is 35.5. The van der Waals surface area contributed by atoms with Crippen LogP contribution < -0.4 is 21.7 Å². The molecule has 1 aromatic heterocycles. The summed E-state index contributed by atoms with van der Waals surface area (Å²) in [5, 5.41) is 11.9. The lowest BCUT2D eigenvalue weighted by Crippen LogP contribution is -2.16. The maximum absolute atomic E-state index is 13.8. The van der Waals surface area contributed by atoms with Crippen LogP contribution in [0.4, 0.5) is 0 Å². The zero-order chi connectivity index (χ0) is 30.4. The SMILES string of the molecule is O=c1c2ccccc2c(=O)c2c1cc(Cl)c1nc3c(nc12)c(SOOO)cc1c(=O)c2ccc(S(=O)(=O)O)cc2c(=O)c13. The Hall–Kier alpha value is -4.41. The lowest BCUT2D eigenvalue weighted by Gasteiger charge is -2.11. The second kappa shape index (κ2) is 9.55. The number of rotatable bonds is 4. The summed E-state index contributed by atoms with van der Waals surface area (Å²) in [6.45, 7) is 0. The van der Waals surface area contributed by atoms with Gasteiger partial charge in [-0.1, -0.05) is 40.9 Å². The first-order valence-corrected chi connectivity index (χ1v) is 14.6. The first-order chi connectivity index (χ1) is 20.5. The molecule has 0 aliphatic heterocycles. The van der Waals surface area contributed by atoms with Gasteiger partial charge in [0.1, 0.15) is 22.1 Å². The highest BCUT2D eigenvalue weighted by Gasteiger charge is 2.24. The van der Waals surface area contributed by atoms with Crippen molar-refractivity contribution < 1.29 is 27.6 Å². The number of fused-ring (bicyclic) bond motifs is 8. The zero-order valence-electron chi connectivity index (χ0n) is 20.9. The lowest BCUT2D eigenvalue weighted by atomic mass is 9.99. The van der Waals surface area contributed by atoms with Crippen LogP contribution in [-0.2, 0) is 19.5 Å². The van der Waals surface area contributed by atoms with Crippen LogP contribution in [0.15, 0.2) is 83.6 Å². The van der Waals surface area contributed by atoms with E-state index in [1.807, 2.05) is 0 Å². The summed E-state index contributed by atoms with van der Waals surface area (Å²) >= 11 is 6.98. The van der Waals surface area contributed by atoms with Gasteiger partial charge in [0.25, 0.3) is 10.1 Å². The van der Waals surface area contributed by atoms with Crippen LogP contribution in [0, 0.1) is 0 Å². The molecule has 2 N–H and O–H groups in total. The number of aromatic nitrogens is 2. The van der Waals surface area contributed by atoms with E-state index in [1.165, 1.54) is 24.3 Å². The molecule has 0 bridgehead atoms. The highest BCUT2D eigenvalue weighted by molar-refractivity contribution is 7.94. The minimum atomic E-state index is -4.71. The van der Waals surface area contributed by atoms with Crippen molar-refractivity contribution >= 4 is 98.9 Å². The summed E-state index contributed by atoms with van der Waals surface area (Å²) < 4.78 is 37.6. The van der Waals surface area contributed by atoms with Gasteiger partial charge < -0.3 is 0 Å². The van der Waals surface area contributed by atoms with Gasteiger partial charge in [0.05, 0.1) is 37.6 Å². The molecule has 6 aromatic carbocycles. The molecule has 7 aromatic rings. The van der Waals surface area contributed by atoms with Gasteiger partial charge in [0.2, 0.25) is 0 Å². The predicted octanol–water partition coefficient (Wildman–Crippen LogP) is 4.04. The van der Waals surface area contributed by atoms with Crippen molar-refractivity contribution in [1.82, 2.24) is 9.97 Å². The Labute approximate surface area is 246 Å². The smallest absolute Gasteiger partial charge is 0.289 e. The van der Waals surface area contributed by atoms with Crippen molar-refractivity contribution in [3.63, 3.8) is 0 Å². The largest absolute Gasteiger partial charge is 0.294 e. The van der Waals surface area contributed by atoms with Gasteiger partial charge in [0, 0.05) is 32.3 Å². The van der Waals surface area contributed by atoms with E-state index in [0.717, 1.165) is 18.2 Å². The Morgan fingerprint density at radius 1 is 0.674 bits per heavy atom. The second-order valence-electron chi connectivity index (χ2n) is 9.47. The molecule has 212 valence electrons. The second-order valence-corrected chi connectivity index (χ2v) is 12.0. The Morgan fingerprint density at radius 2 is 1.23 bits per heavy atom. The normalized spacial score (nSPS) is 12.4. The van der Waals surface area contributed by atoms with Crippen molar-refractivity contribution in [2.24, 2.45) is 0 Å². The van der Waals surface area contributed by atoms with E-state index < -0.39 is 36.7 Å². The molecular formula is C28H11ClN2O10S2. The van der Waals surface area contributed by atoms with Gasteiger partial charge in [0.15, 0.2) is 21.7 Å². The minimum absolute atomic E-state index is 0.00474. The highest BCUT2D eigenvalue weighted by Crippen LogP contribution is 2.36. The maximum atomic E-state index is 13.8. The molecule has 12 nitrogen and oxygen atoms in total. The fraction of sp³-hybridized carbons (Fsp3) is 0. The molecule has 0 aliphatic rings. The van der Waals surface area contributed by atoms with Crippen LogP contribution in [-0.4, -0.2) is 28.2 Å². The molecule has 0 radical (unpaired) electrons. The van der Waals surface area contributed by atoms with Crippen molar-refractivity contribution in [1.29, 1.82) is 0 Å². The van der Waals surface area contributed by atoms with Gasteiger partial charge in [-0.25, -0.2) is 15.2 Å². The Bertz CT molecular complexity index is 2750. The molecule has 0 amide bonds. The molecule has 15 heteroatoms. The monoisotopic (exact) mass is 634 g/mol. The lowest BCUT2D eigenvalue weighted by molar-refractivity contribution is -0.432. The van der Waals surface area contributed by atoms with Crippen LogP contribution in [0.2, 0.25) is 5.02 Å². The van der Waals surface area contributed by atoms with Crippen LogP contribution >= 0.6 is 23.6 Å². The third-order valence-corrected chi connectivity index (χ3v) is 8.96. The van der Waals surface area contributed by atoms with Gasteiger partial charge in [-0.05, 0) is 30.3 Å². The average molecular weight is 635 g/mol. The number of benzene rings is 6. The summed E-state index contributed by atoms with van der Waals surface area (Å²) in [4.78, 5) is 62.9. The minimum Gasteiger partial charge on any atom is -0.289 e. The number of halogens is 1.